The van der Waals surface area contributed by atoms with Crippen LogP contribution in [-0.2, 0) is 9.31 Å². The van der Waals surface area contributed by atoms with Gasteiger partial charge in [0.1, 0.15) is 0 Å². The summed E-state index contributed by atoms with van der Waals surface area (Å²) in [6.07, 6.45) is -1.17. The second-order valence-corrected chi connectivity index (χ2v) is 8.26. The molecule has 3 aromatic rings. The van der Waals surface area contributed by atoms with E-state index in [0.717, 1.165) is 22.2 Å². The molecule has 33 heavy (non-hydrogen) atoms. The lowest BCUT2D eigenvalue weighted by Gasteiger charge is -2.35. The molecule has 0 saturated carbocycles. The topological polar surface area (TPSA) is 105 Å². The number of benzene rings is 3. The van der Waals surface area contributed by atoms with Crippen molar-refractivity contribution in [1.82, 2.24) is 0 Å². The SMILES string of the molecule is Cc1cc(C)c(B2OC(c3ccccc3[N+](=O)[O-])CC(c3ccccc3[N+](=O)[O-])O2)c(C)c1. The number of hydrogen-bond acceptors (Lipinski definition) is 6. The van der Waals surface area contributed by atoms with Gasteiger partial charge in [0, 0.05) is 18.6 Å². The van der Waals surface area contributed by atoms with E-state index in [1.54, 1.807) is 36.4 Å². The Morgan fingerprint density at radius 2 is 1.21 bits per heavy atom. The summed E-state index contributed by atoms with van der Waals surface area (Å²) >= 11 is 0. The number of rotatable bonds is 5. The molecule has 168 valence electrons. The summed E-state index contributed by atoms with van der Waals surface area (Å²) in [6.45, 7) is 5.91. The molecule has 2 unspecified atom stereocenters. The Balaban J connectivity index is 1.83. The van der Waals surface area contributed by atoms with Gasteiger partial charge in [0.25, 0.3) is 11.4 Å². The maximum atomic E-state index is 11.7. The van der Waals surface area contributed by atoms with Crippen molar-refractivity contribution < 1.29 is 19.2 Å². The zero-order chi connectivity index (χ0) is 23.7. The molecule has 1 heterocycles. The molecule has 0 spiro atoms. The molecule has 1 saturated heterocycles. The van der Waals surface area contributed by atoms with Crippen LogP contribution in [0.25, 0.3) is 0 Å². The van der Waals surface area contributed by atoms with E-state index >= 15 is 0 Å². The van der Waals surface area contributed by atoms with E-state index in [1.165, 1.54) is 12.1 Å². The first-order valence-electron chi connectivity index (χ1n) is 10.6. The van der Waals surface area contributed by atoms with E-state index in [2.05, 4.69) is 0 Å². The van der Waals surface area contributed by atoms with Crippen LogP contribution in [0, 0.1) is 41.0 Å². The van der Waals surface area contributed by atoms with Crippen LogP contribution in [-0.4, -0.2) is 17.0 Å². The molecule has 0 N–H and O–H groups in total. The molecule has 0 aromatic heterocycles. The van der Waals surface area contributed by atoms with Crippen molar-refractivity contribution in [3.63, 3.8) is 0 Å². The van der Waals surface area contributed by atoms with E-state index in [1.807, 2.05) is 32.9 Å². The maximum absolute atomic E-state index is 11.7. The molecule has 0 bridgehead atoms. The summed E-state index contributed by atoms with van der Waals surface area (Å²) in [5.41, 5.74) is 4.57. The Morgan fingerprint density at radius 1 is 0.788 bits per heavy atom. The highest BCUT2D eigenvalue weighted by Crippen LogP contribution is 2.42. The molecule has 0 amide bonds. The maximum Gasteiger partial charge on any atom is 0.495 e. The predicted molar refractivity (Wildman–Crippen MR) is 125 cm³/mol. The molecule has 4 rings (SSSR count). The van der Waals surface area contributed by atoms with Crippen molar-refractivity contribution >= 4 is 24.0 Å². The smallest absolute Gasteiger partial charge is 0.400 e. The summed E-state index contributed by atoms with van der Waals surface area (Å²) in [5.74, 6) is 0. The van der Waals surface area contributed by atoms with Crippen molar-refractivity contribution in [1.29, 1.82) is 0 Å². The van der Waals surface area contributed by atoms with E-state index in [4.69, 9.17) is 9.31 Å². The highest BCUT2D eigenvalue weighted by Gasteiger charge is 2.41. The third kappa shape index (κ3) is 4.51. The monoisotopic (exact) mass is 446 g/mol. The Bertz CT molecular complexity index is 1140. The van der Waals surface area contributed by atoms with Crippen LogP contribution in [0.1, 0.15) is 46.4 Å². The first kappa shape index (κ1) is 22.6. The first-order chi connectivity index (χ1) is 15.8. The first-order valence-corrected chi connectivity index (χ1v) is 10.6. The largest absolute Gasteiger partial charge is 0.495 e. The molecule has 2 atom stereocenters. The third-order valence-electron chi connectivity index (χ3n) is 5.94. The van der Waals surface area contributed by atoms with Gasteiger partial charge in [-0.25, -0.2) is 0 Å². The molecule has 1 aliphatic rings. The fourth-order valence-corrected chi connectivity index (χ4v) is 4.59. The van der Waals surface area contributed by atoms with Crippen molar-refractivity contribution in [3.05, 3.63) is 109 Å². The van der Waals surface area contributed by atoms with Gasteiger partial charge in [-0.3, -0.25) is 20.2 Å². The van der Waals surface area contributed by atoms with Gasteiger partial charge >= 0.3 is 7.12 Å². The van der Waals surface area contributed by atoms with Crippen LogP contribution >= 0.6 is 0 Å². The molecule has 0 radical (unpaired) electrons. The van der Waals surface area contributed by atoms with E-state index < -0.39 is 29.2 Å². The van der Waals surface area contributed by atoms with Crippen molar-refractivity contribution in [3.8, 4) is 0 Å². The summed E-state index contributed by atoms with van der Waals surface area (Å²) in [4.78, 5) is 22.5. The second-order valence-electron chi connectivity index (χ2n) is 8.26. The lowest BCUT2D eigenvalue weighted by atomic mass is 9.70. The minimum atomic E-state index is -0.839. The fourth-order valence-electron chi connectivity index (χ4n) is 4.59. The Kier molecular flexibility index (Phi) is 6.26. The van der Waals surface area contributed by atoms with Crippen molar-refractivity contribution in [2.24, 2.45) is 0 Å². The Labute approximate surface area is 191 Å². The van der Waals surface area contributed by atoms with E-state index in [9.17, 15) is 20.2 Å². The van der Waals surface area contributed by atoms with Gasteiger partial charge in [-0.1, -0.05) is 53.1 Å². The normalized spacial score (nSPS) is 18.2. The average Bonchev–Trinajstić information content (AvgIpc) is 2.78. The van der Waals surface area contributed by atoms with Crippen molar-refractivity contribution in [2.75, 3.05) is 0 Å². The number of para-hydroxylation sites is 2. The van der Waals surface area contributed by atoms with Gasteiger partial charge < -0.3 is 9.31 Å². The average molecular weight is 446 g/mol. The standard InChI is InChI=1S/C24H23BN2O6/c1-15-12-16(2)24(17(3)13-15)25-32-22(18-8-4-6-10-20(18)26(28)29)14-23(33-25)19-9-5-7-11-21(19)27(30)31/h4-13,22-23H,14H2,1-3H3. The van der Waals surface area contributed by atoms with Crippen molar-refractivity contribution in [2.45, 2.75) is 39.4 Å². The highest BCUT2D eigenvalue weighted by atomic mass is 16.6. The summed E-state index contributed by atoms with van der Waals surface area (Å²) in [5, 5.41) is 23.4. The van der Waals surface area contributed by atoms with Gasteiger partial charge in [-0.2, -0.15) is 0 Å². The molecule has 1 aliphatic heterocycles. The molecule has 9 heteroatoms. The zero-order valence-electron chi connectivity index (χ0n) is 18.6. The van der Waals surface area contributed by atoms with E-state index in [0.29, 0.717) is 11.1 Å². The van der Waals surface area contributed by atoms with Crippen LogP contribution in [0.2, 0.25) is 0 Å². The zero-order valence-corrected chi connectivity index (χ0v) is 18.6. The van der Waals surface area contributed by atoms with Gasteiger partial charge in [-0.15, -0.1) is 0 Å². The lowest BCUT2D eigenvalue weighted by molar-refractivity contribution is -0.386. The number of aryl methyl sites for hydroxylation is 3. The summed E-state index contributed by atoms with van der Waals surface area (Å²) in [7, 11) is -0.839. The number of nitrogens with zero attached hydrogens (tertiary/aromatic N) is 2. The summed E-state index contributed by atoms with van der Waals surface area (Å²) in [6, 6.07) is 16.9. The van der Waals surface area contributed by atoms with Crippen LogP contribution < -0.4 is 5.46 Å². The van der Waals surface area contributed by atoms with Crippen LogP contribution in [0.4, 0.5) is 11.4 Å². The second kappa shape index (κ2) is 9.13. The number of nitro groups is 2. The third-order valence-corrected chi connectivity index (χ3v) is 5.94. The molecule has 3 aromatic carbocycles. The van der Waals surface area contributed by atoms with Crippen LogP contribution in [0.5, 0.6) is 0 Å². The molecule has 1 fully saturated rings. The number of nitro benzene ring substituents is 2. The fraction of sp³-hybridized carbons (Fsp3) is 0.250. The quantitative estimate of drug-likeness (QED) is 0.309. The molecule has 8 nitrogen and oxygen atoms in total. The number of hydrogen-bond donors (Lipinski definition) is 0. The van der Waals surface area contributed by atoms with Gasteiger partial charge in [-0.05, 0) is 38.4 Å². The predicted octanol–water partition coefficient (Wildman–Crippen LogP) is 5.04. The van der Waals surface area contributed by atoms with E-state index in [-0.39, 0.29) is 17.8 Å². The molecular formula is C24H23BN2O6. The Hall–Kier alpha value is -3.56. The minimum Gasteiger partial charge on any atom is -0.400 e. The van der Waals surface area contributed by atoms with Crippen LogP contribution in [0.3, 0.4) is 0 Å². The highest BCUT2D eigenvalue weighted by molar-refractivity contribution is 6.62. The van der Waals surface area contributed by atoms with Gasteiger partial charge in [0.15, 0.2) is 0 Å². The van der Waals surface area contributed by atoms with Gasteiger partial charge in [0.05, 0.1) is 33.2 Å². The summed E-state index contributed by atoms with van der Waals surface area (Å²) < 4.78 is 12.6. The van der Waals surface area contributed by atoms with Crippen LogP contribution in [0.15, 0.2) is 60.7 Å². The molecule has 0 aliphatic carbocycles. The minimum absolute atomic E-state index is 0.0539. The lowest BCUT2D eigenvalue weighted by Crippen LogP contribution is -2.45. The Morgan fingerprint density at radius 3 is 1.64 bits per heavy atom. The molecular weight excluding hydrogens is 423 g/mol. The van der Waals surface area contributed by atoms with Gasteiger partial charge in [0.2, 0.25) is 0 Å².